The van der Waals surface area contributed by atoms with E-state index in [0.717, 1.165) is 6.07 Å². The zero-order valence-corrected chi connectivity index (χ0v) is 11.4. The Morgan fingerprint density at radius 1 is 1.40 bits per heavy atom. The number of ether oxygens (including phenoxy) is 1. The number of halogens is 2. The van der Waals surface area contributed by atoms with Gasteiger partial charge in [0.1, 0.15) is 11.6 Å². The first-order valence-electron chi connectivity index (χ1n) is 6.56. The summed E-state index contributed by atoms with van der Waals surface area (Å²) in [6.45, 7) is 1.46. The quantitative estimate of drug-likeness (QED) is 0.642. The van der Waals surface area contributed by atoms with Crippen molar-refractivity contribution < 1.29 is 18.3 Å². The molecular formula is C14H18F2N2O2. The van der Waals surface area contributed by atoms with Crippen LogP contribution in [0.15, 0.2) is 12.1 Å². The molecule has 1 aromatic carbocycles. The fraction of sp³-hybridized carbons (Fsp3) is 0.500. The van der Waals surface area contributed by atoms with Crippen LogP contribution in [0.1, 0.15) is 23.2 Å². The van der Waals surface area contributed by atoms with Crippen molar-refractivity contribution in [2.24, 2.45) is 5.92 Å². The standard InChI is InChI=1S/C14H18F2N2O2/c1-18(4-5-20-8-9-2-3-9)14(19)10-6-13(17)12(16)7-11(10)15/h6-7,9H,2-5,8,17H2,1H3. The number of hydrogen-bond acceptors (Lipinski definition) is 3. The van der Waals surface area contributed by atoms with Crippen LogP contribution in [-0.2, 0) is 4.74 Å². The van der Waals surface area contributed by atoms with Gasteiger partial charge in [0.15, 0.2) is 0 Å². The van der Waals surface area contributed by atoms with E-state index in [2.05, 4.69) is 0 Å². The molecule has 0 radical (unpaired) electrons. The van der Waals surface area contributed by atoms with Crippen molar-refractivity contribution in [3.05, 3.63) is 29.3 Å². The minimum Gasteiger partial charge on any atom is -0.396 e. The molecule has 0 unspecified atom stereocenters. The van der Waals surface area contributed by atoms with Gasteiger partial charge >= 0.3 is 0 Å². The Bertz CT molecular complexity index is 504. The van der Waals surface area contributed by atoms with Crippen LogP contribution in [0, 0.1) is 17.6 Å². The highest BCUT2D eigenvalue weighted by molar-refractivity contribution is 5.95. The summed E-state index contributed by atoms with van der Waals surface area (Å²) in [5, 5.41) is 0. The predicted molar refractivity (Wildman–Crippen MR) is 71.3 cm³/mol. The van der Waals surface area contributed by atoms with Gasteiger partial charge in [0.05, 0.1) is 17.9 Å². The van der Waals surface area contributed by atoms with Gasteiger partial charge in [-0.1, -0.05) is 0 Å². The van der Waals surface area contributed by atoms with Crippen molar-refractivity contribution in [3.8, 4) is 0 Å². The molecule has 1 aliphatic rings. The molecule has 20 heavy (non-hydrogen) atoms. The lowest BCUT2D eigenvalue weighted by molar-refractivity contribution is 0.0677. The smallest absolute Gasteiger partial charge is 0.256 e. The second-order valence-electron chi connectivity index (χ2n) is 5.10. The third kappa shape index (κ3) is 3.66. The molecule has 4 nitrogen and oxygen atoms in total. The largest absolute Gasteiger partial charge is 0.396 e. The number of carbonyl (C=O) groups excluding carboxylic acids is 1. The van der Waals surface area contributed by atoms with E-state index >= 15 is 0 Å². The van der Waals surface area contributed by atoms with E-state index in [9.17, 15) is 13.6 Å². The number of nitrogens with zero attached hydrogens (tertiary/aromatic N) is 1. The van der Waals surface area contributed by atoms with Gasteiger partial charge in [-0.15, -0.1) is 0 Å². The van der Waals surface area contributed by atoms with Crippen molar-refractivity contribution >= 4 is 11.6 Å². The number of amides is 1. The van der Waals surface area contributed by atoms with E-state index < -0.39 is 17.5 Å². The zero-order chi connectivity index (χ0) is 14.7. The lowest BCUT2D eigenvalue weighted by atomic mass is 10.1. The Labute approximate surface area is 116 Å². The van der Waals surface area contributed by atoms with Crippen LogP contribution in [-0.4, -0.2) is 37.6 Å². The molecule has 0 saturated heterocycles. The summed E-state index contributed by atoms with van der Waals surface area (Å²) in [6, 6.07) is 1.65. The number of rotatable bonds is 6. The maximum atomic E-state index is 13.6. The first-order valence-corrected chi connectivity index (χ1v) is 6.56. The van der Waals surface area contributed by atoms with Crippen LogP contribution in [0.3, 0.4) is 0 Å². The Morgan fingerprint density at radius 2 is 2.10 bits per heavy atom. The average molecular weight is 284 g/mol. The summed E-state index contributed by atoms with van der Waals surface area (Å²) in [4.78, 5) is 13.4. The molecule has 2 rings (SSSR count). The Morgan fingerprint density at radius 3 is 2.75 bits per heavy atom. The van der Waals surface area contributed by atoms with E-state index in [-0.39, 0.29) is 11.3 Å². The van der Waals surface area contributed by atoms with E-state index in [1.54, 1.807) is 7.05 Å². The van der Waals surface area contributed by atoms with Gasteiger partial charge in [0, 0.05) is 26.3 Å². The number of likely N-dealkylation sites (N-methyl/N-ethyl adjacent to an activating group) is 1. The average Bonchev–Trinajstić information content (AvgIpc) is 3.22. The number of hydrogen-bond donors (Lipinski definition) is 1. The number of nitrogen functional groups attached to an aromatic ring is 1. The second kappa shape index (κ2) is 6.17. The molecule has 0 spiro atoms. The van der Waals surface area contributed by atoms with Gasteiger partial charge in [0.2, 0.25) is 0 Å². The normalized spacial score (nSPS) is 14.3. The van der Waals surface area contributed by atoms with Crippen molar-refractivity contribution in [2.45, 2.75) is 12.8 Å². The molecule has 1 aromatic rings. The van der Waals surface area contributed by atoms with Crippen LogP contribution >= 0.6 is 0 Å². The molecule has 1 aliphatic carbocycles. The summed E-state index contributed by atoms with van der Waals surface area (Å²) >= 11 is 0. The topological polar surface area (TPSA) is 55.6 Å². The van der Waals surface area contributed by atoms with Gasteiger partial charge < -0.3 is 15.4 Å². The van der Waals surface area contributed by atoms with Crippen molar-refractivity contribution in [1.82, 2.24) is 4.90 Å². The van der Waals surface area contributed by atoms with Crippen LogP contribution in [0.25, 0.3) is 0 Å². The summed E-state index contributed by atoms with van der Waals surface area (Å²) in [5.74, 6) is -1.66. The molecule has 0 aliphatic heterocycles. The molecule has 0 atom stereocenters. The van der Waals surface area contributed by atoms with Crippen molar-refractivity contribution in [1.29, 1.82) is 0 Å². The molecule has 1 fully saturated rings. The highest BCUT2D eigenvalue weighted by atomic mass is 19.1. The van der Waals surface area contributed by atoms with Crippen molar-refractivity contribution in [3.63, 3.8) is 0 Å². The molecule has 0 aromatic heterocycles. The van der Waals surface area contributed by atoms with Gasteiger partial charge in [-0.3, -0.25) is 4.79 Å². The molecule has 1 saturated carbocycles. The van der Waals surface area contributed by atoms with E-state index in [1.807, 2.05) is 0 Å². The number of nitrogens with two attached hydrogens (primary N) is 1. The molecular weight excluding hydrogens is 266 g/mol. The zero-order valence-electron chi connectivity index (χ0n) is 11.4. The Kier molecular flexibility index (Phi) is 4.54. The molecule has 0 heterocycles. The maximum Gasteiger partial charge on any atom is 0.256 e. The summed E-state index contributed by atoms with van der Waals surface area (Å²) in [5.41, 5.74) is 4.88. The van der Waals surface area contributed by atoms with Crippen LogP contribution in [0.4, 0.5) is 14.5 Å². The van der Waals surface area contributed by atoms with E-state index in [0.29, 0.717) is 31.7 Å². The highest BCUT2D eigenvalue weighted by Gasteiger charge is 2.22. The van der Waals surface area contributed by atoms with Gasteiger partial charge in [-0.05, 0) is 24.8 Å². The fourth-order valence-corrected chi connectivity index (χ4v) is 1.77. The maximum absolute atomic E-state index is 13.6. The summed E-state index contributed by atoms with van der Waals surface area (Å²) in [6.07, 6.45) is 2.41. The molecule has 2 N–H and O–H groups in total. The van der Waals surface area contributed by atoms with Crippen LogP contribution < -0.4 is 5.73 Å². The number of carbonyl (C=O) groups is 1. The van der Waals surface area contributed by atoms with Crippen molar-refractivity contribution in [2.75, 3.05) is 32.5 Å². The summed E-state index contributed by atoms with van der Waals surface area (Å²) in [7, 11) is 1.54. The monoisotopic (exact) mass is 284 g/mol. The van der Waals surface area contributed by atoms with E-state index in [4.69, 9.17) is 10.5 Å². The number of anilines is 1. The van der Waals surface area contributed by atoms with Gasteiger partial charge in [-0.2, -0.15) is 0 Å². The molecule has 0 bridgehead atoms. The first-order chi connectivity index (χ1) is 9.49. The third-order valence-electron chi connectivity index (χ3n) is 3.28. The molecule has 110 valence electrons. The van der Waals surface area contributed by atoms with Crippen LogP contribution in [0.2, 0.25) is 0 Å². The lowest BCUT2D eigenvalue weighted by Gasteiger charge is -2.18. The first kappa shape index (κ1) is 14.7. The predicted octanol–water partition coefficient (Wildman–Crippen LogP) is 2.05. The van der Waals surface area contributed by atoms with E-state index in [1.165, 1.54) is 17.7 Å². The second-order valence-corrected chi connectivity index (χ2v) is 5.10. The fourth-order valence-electron chi connectivity index (χ4n) is 1.77. The third-order valence-corrected chi connectivity index (χ3v) is 3.28. The Hall–Kier alpha value is -1.69. The number of benzene rings is 1. The minimum atomic E-state index is -0.910. The van der Waals surface area contributed by atoms with Gasteiger partial charge in [-0.25, -0.2) is 8.78 Å². The summed E-state index contributed by atoms with van der Waals surface area (Å²) < 4.78 is 32.0. The van der Waals surface area contributed by atoms with Gasteiger partial charge in [0.25, 0.3) is 5.91 Å². The van der Waals surface area contributed by atoms with Crippen LogP contribution in [0.5, 0.6) is 0 Å². The highest BCUT2D eigenvalue weighted by Crippen LogP contribution is 2.28. The Balaban J connectivity index is 1.89. The molecule has 1 amide bonds. The SMILES string of the molecule is CN(CCOCC1CC1)C(=O)c1cc(N)c(F)cc1F. The molecule has 6 heteroatoms. The lowest BCUT2D eigenvalue weighted by Crippen LogP contribution is -2.31. The minimum absolute atomic E-state index is 0.228.